The van der Waals surface area contributed by atoms with Gasteiger partial charge in [-0.05, 0) is 92.9 Å². The van der Waals surface area contributed by atoms with E-state index in [4.69, 9.17) is 9.47 Å². The number of fused-ring (bicyclic) bond motifs is 5. The summed E-state index contributed by atoms with van der Waals surface area (Å²) in [5, 5.41) is 49.5. The molecular weight excluding hydrogens is 528 g/mol. The number of aliphatic hydroxyl groups is 3. The van der Waals surface area contributed by atoms with Gasteiger partial charge in [-0.25, -0.2) is 10.2 Å². The number of nitrogens with zero attached hydrogens (tertiary/aromatic N) is 1. The quantitative estimate of drug-likeness (QED) is 0.206. The molecule has 0 bridgehead atoms. The summed E-state index contributed by atoms with van der Waals surface area (Å²) in [7, 11) is 1.40. The van der Waals surface area contributed by atoms with Crippen molar-refractivity contribution >= 4 is 18.1 Å². The Balaban J connectivity index is 1.31. The predicted octanol–water partition coefficient (Wildman–Crippen LogP) is 2.83. The number of aliphatic hydroxyl groups excluding tert-OH is 1. The van der Waals surface area contributed by atoms with Crippen molar-refractivity contribution in [3.8, 4) is 11.5 Å². The summed E-state index contributed by atoms with van der Waals surface area (Å²) in [6.07, 6.45) is 7.71. The van der Waals surface area contributed by atoms with Crippen LogP contribution in [0.2, 0.25) is 0 Å². The summed E-state index contributed by atoms with van der Waals surface area (Å²) in [5.74, 6) is -0.870. The van der Waals surface area contributed by atoms with E-state index in [0.717, 1.165) is 24.8 Å². The summed E-state index contributed by atoms with van der Waals surface area (Å²) in [5.41, 5.74) is 0.326. The second-order valence-electron chi connectivity index (χ2n) is 13.1. The molecule has 4 aliphatic carbocycles. The molecular formula is C31H40N2O8. The van der Waals surface area contributed by atoms with Crippen LogP contribution in [0.1, 0.15) is 75.1 Å². The number of amides is 1. The number of benzene rings is 1. The predicted molar refractivity (Wildman–Crippen MR) is 148 cm³/mol. The fourth-order valence-corrected chi connectivity index (χ4v) is 9.45. The summed E-state index contributed by atoms with van der Waals surface area (Å²) in [6.45, 7) is 2.42. The van der Waals surface area contributed by atoms with Gasteiger partial charge in [0.1, 0.15) is 6.61 Å². The number of methoxy groups -OCH3 is 1. The van der Waals surface area contributed by atoms with Crippen LogP contribution in [0.3, 0.4) is 0 Å². The van der Waals surface area contributed by atoms with E-state index in [9.17, 15) is 30.0 Å². The molecule has 1 aliphatic heterocycles. The van der Waals surface area contributed by atoms with E-state index in [2.05, 4.69) is 17.5 Å². The molecule has 6 rings (SSSR count). The van der Waals surface area contributed by atoms with Gasteiger partial charge in [-0.2, -0.15) is 5.10 Å². The topological polar surface area (TPSA) is 158 Å². The van der Waals surface area contributed by atoms with Crippen LogP contribution in [-0.4, -0.2) is 69.5 Å². The zero-order valence-corrected chi connectivity index (χ0v) is 23.6. The number of cyclic esters (lactones) is 1. The zero-order valence-electron chi connectivity index (χ0n) is 23.6. The van der Waals surface area contributed by atoms with Crippen LogP contribution in [0.15, 0.2) is 34.9 Å². The number of hydrogen-bond acceptors (Lipinski definition) is 9. The van der Waals surface area contributed by atoms with Crippen molar-refractivity contribution in [2.45, 2.75) is 82.0 Å². The molecule has 8 atom stereocenters. The molecule has 1 aromatic rings. The molecule has 5 aliphatic rings. The van der Waals surface area contributed by atoms with Gasteiger partial charge in [0.2, 0.25) is 0 Å². The van der Waals surface area contributed by atoms with Crippen LogP contribution < -0.4 is 10.2 Å². The van der Waals surface area contributed by atoms with Crippen molar-refractivity contribution in [3.05, 3.63) is 35.4 Å². The molecule has 1 heterocycles. The van der Waals surface area contributed by atoms with E-state index in [1.807, 2.05) is 0 Å². The number of nitrogens with one attached hydrogen (secondary N) is 1. The monoisotopic (exact) mass is 568 g/mol. The van der Waals surface area contributed by atoms with Gasteiger partial charge in [0.15, 0.2) is 11.5 Å². The second kappa shape index (κ2) is 9.81. The van der Waals surface area contributed by atoms with E-state index >= 15 is 0 Å². The molecule has 0 saturated heterocycles. The Morgan fingerprint density at radius 1 is 1.12 bits per heavy atom. The average Bonchev–Trinajstić information content (AvgIpc) is 3.48. The smallest absolute Gasteiger partial charge is 0.331 e. The van der Waals surface area contributed by atoms with Gasteiger partial charge in [0.25, 0.3) is 5.91 Å². The first-order valence-electron chi connectivity index (χ1n) is 14.7. The minimum Gasteiger partial charge on any atom is -0.504 e. The van der Waals surface area contributed by atoms with Crippen molar-refractivity contribution in [3.63, 3.8) is 0 Å². The lowest BCUT2D eigenvalue weighted by atomic mass is 9.41. The third-order valence-electron chi connectivity index (χ3n) is 11.5. The normalized spacial score (nSPS) is 41.7. The molecule has 0 unspecified atom stereocenters. The number of ether oxygens (including phenoxy) is 2. The van der Waals surface area contributed by atoms with E-state index in [1.165, 1.54) is 25.3 Å². The zero-order chi connectivity index (χ0) is 29.2. The van der Waals surface area contributed by atoms with Crippen LogP contribution in [0.25, 0.3) is 0 Å². The summed E-state index contributed by atoms with van der Waals surface area (Å²) in [4.78, 5) is 24.8. The Morgan fingerprint density at radius 2 is 1.90 bits per heavy atom. The standard InChI is InChI=1S/C31H40N2O8/c1-28-9-6-22-23(31(28,39)12-8-21(28)19-14-26(36)41-16-19)7-11-30(38)15-20(34)5-10-29(22,30)17-32-33-27(37)18-3-4-24(35)25(13-18)40-2/h3-4,13-14,17,20-23,34-35,38-39H,5-12,15-16H2,1-2H3,(H,33,37)/b32-17-/t20-,21-,22+,23-,28-,29+,30-,31+/m1/s1. The molecule has 0 spiro atoms. The van der Waals surface area contributed by atoms with Gasteiger partial charge in [-0.1, -0.05) is 6.92 Å². The van der Waals surface area contributed by atoms with Crippen LogP contribution in [0.4, 0.5) is 0 Å². The number of hydrogen-bond donors (Lipinski definition) is 5. The molecule has 10 nitrogen and oxygen atoms in total. The van der Waals surface area contributed by atoms with Gasteiger partial charge in [-0.3, -0.25) is 4.79 Å². The Labute approximate surface area is 239 Å². The SMILES string of the molecule is COc1cc(C(=O)N/N=C\[C@]23CC[C@@H](O)C[C@]2(O)CC[C@@H]2[C@@H]3CC[C@]3(C)[C@@H](C4=CC(=O)OC4)CC[C@]23O)ccc1O. The number of phenolic OH excluding ortho intramolecular Hbond substituents is 1. The van der Waals surface area contributed by atoms with Crippen molar-refractivity contribution in [2.24, 2.45) is 33.7 Å². The maximum absolute atomic E-state index is 12.9. The minimum absolute atomic E-state index is 0.0556. The third-order valence-corrected chi connectivity index (χ3v) is 11.5. The van der Waals surface area contributed by atoms with E-state index in [0.29, 0.717) is 32.1 Å². The molecule has 1 amide bonds. The maximum atomic E-state index is 12.9. The lowest BCUT2D eigenvalue weighted by Gasteiger charge is -2.65. The van der Waals surface area contributed by atoms with Gasteiger partial charge >= 0.3 is 5.97 Å². The number of phenols is 1. The largest absolute Gasteiger partial charge is 0.504 e. The number of carbonyl (C=O) groups excluding carboxylic acids is 2. The lowest BCUT2D eigenvalue weighted by molar-refractivity contribution is -0.237. The van der Waals surface area contributed by atoms with Crippen LogP contribution in [0.5, 0.6) is 11.5 Å². The highest BCUT2D eigenvalue weighted by atomic mass is 16.5. The highest BCUT2D eigenvalue weighted by Crippen LogP contribution is 2.70. The number of carbonyl (C=O) groups is 2. The first-order valence-corrected chi connectivity index (χ1v) is 14.7. The highest BCUT2D eigenvalue weighted by molar-refractivity contribution is 5.95. The lowest BCUT2D eigenvalue weighted by Crippen LogP contribution is -2.68. The molecule has 10 heteroatoms. The second-order valence-corrected chi connectivity index (χ2v) is 13.1. The molecule has 222 valence electrons. The molecule has 4 fully saturated rings. The van der Waals surface area contributed by atoms with Crippen molar-refractivity contribution in [1.82, 2.24) is 5.43 Å². The average molecular weight is 569 g/mol. The third kappa shape index (κ3) is 4.12. The number of hydrazone groups is 1. The Kier molecular flexibility index (Phi) is 6.75. The van der Waals surface area contributed by atoms with Gasteiger partial charge in [-0.15, -0.1) is 0 Å². The van der Waals surface area contributed by atoms with Crippen molar-refractivity contribution in [1.29, 1.82) is 0 Å². The summed E-state index contributed by atoms with van der Waals surface area (Å²) >= 11 is 0. The maximum Gasteiger partial charge on any atom is 0.331 e. The van der Waals surface area contributed by atoms with Crippen LogP contribution in [0, 0.1) is 28.6 Å². The number of esters is 1. The Bertz CT molecular complexity index is 1310. The Morgan fingerprint density at radius 3 is 2.63 bits per heavy atom. The molecule has 0 radical (unpaired) electrons. The van der Waals surface area contributed by atoms with Crippen molar-refractivity contribution < 1.29 is 39.5 Å². The van der Waals surface area contributed by atoms with Gasteiger partial charge in [0, 0.05) is 35.1 Å². The molecule has 5 N–H and O–H groups in total. The molecule has 1 aromatic carbocycles. The molecule has 4 saturated carbocycles. The minimum atomic E-state index is -1.22. The summed E-state index contributed by atoms with van der Waals surface area (Å²) < 4.78 is 10.3. The summed E-state index contributed by atoms with van der Waals surface area (Å²) in [6, 6.07) is 4.27. The van der Waals surface area contributed by atoms with Gasteiger partial charge in [0.05, 0.1) is 24.4 Å². The van der Waals surface area contributed by atoms with Gasteiger partial charge < -0.3 is 29.9 Å². The van der Waals surface area contributed by atoms with Crippen LogP contribution >= 0.6 is 0 Å². The number of aromatic hydroxyl groups is 1. The van der Waals surface area contributed by atoms with E-state index in [1.54, 1.807) is 12.3 Å². The Hall–Kier alpha value is -2.95. The fraction of sp³-hybridized carbons (Fsp3) is 0.645. The van der Waals surface area contributed by atoms with E-state index in [-0.39, 0.29) is 53.8 Å². The molecule has 0 aromatic heterocycles. The van der Waals surface area contributed by atoms with Crippen LogP contribution in [-0.2, 0) is 9.53 Å². The first-order chi connectivity index (χ1) is 19.5. The highest BCUT2D eigenvalue weighted by Gasteiger charge is 2.71. The van der Waals surface area contributed by atoms with Crippen molar-refractivity contribution in [2.75, 3.05) is 13.7 Å². The fourth-order valence-electron chi connectivity index (χ4n) is 9.45. The van der Waals surface area contributed by atoms with E-state index < -0.39 is 34.0 Å². The number of rotatable bonds is 5. The molecule has 41 heavy (non-hydrogen) atoms. The first kappa shape index (κ1) is 28.2.